The summed E-state index contributed by atoms with van der Waals surface area (Å²) in [6.07, 6.45) is 7.64. The van der Waals surface area contributed by atoms with Crippen molar-refractivity contribution in [3.8, 4) is 5.69 Å². The zero-order chi connectivity index (χ0) is 23.3. The maximum atomic E-state index is 13.4. The smallest absolute Gasteiger partial charge is 0.233 e. The molecule has 1 N–H and O–H groups in total. The van der Waals surface area contributed by atoms with Crippen LogP contribution in [0.1, 0.15) is 51.0 Å². The minimum atomic E-state index is -0.238. The fraction of sp³-hybridized carbons (Fsp3) is 0.654. The van der Waals surface area contributed by atoms with Gasteiger partial charge in [0, 0.05) is 18.6 Å². The first-order valence-electron chi connectivity index (χ1n) is 12.8. The summed E-state index contributed by atoms with van der Waals surface area (Å²) in [7, 11) is 0. The summed E-state index contributed by atoms with van der Waals surface area (Å²) in [6, 6.07) is 8.39. The molecule has 1 aromatic carbocycles. The van der Waals surface area contributed by atoms with Crippen LogP contribution < -0.4 is 10.2 Å². The summed E-state index contributed by atoms with van der Waals surface area (Å²) < 4.78 is 7.66. The summed E-state index contributed by atoms with van der Waals surface area (Å²) in [4.78, 5) is 15.7. The Balaban J connectivity index is 1.23. The van der Waals surface area contributed by atoms with Gasteiger partial charge in [-0.05, 0) is 87.8 Å². The lowest BCUT2D eigenvalue weighted by Gasteiger charge is -2.57. The number of nitrogens with one attached hydrogen (secondary N) is 1. The number of carbonyl (C=O) groups excluding carboxylic acids is 1. The lowest BCUT2D eigenvalue weighted by molar-refractivity contribution is -0.126. The second kappa shape index (κ2) is 8.86. The number of rotatable bonds is 6. The van der Waals surface area contributed by atoms with Gasteiger partial charge in [-0.3, -0.25) is 9.36 Å². The van der Waals surface area contributed by atoms with Crippen LogP contribution in [0.3, 0.4) is 0 Å². The van der Waals surface area contributed by atoms with Crippen molar-refractivity contribution in [3.63, 3.8) is 0 Å². The van der Waals surface area contributed by atoms with Gasteiger partial charge in [0.1, 0.15) is 0 Å². The van der Waals surface area contributed by atoms with Crippen LogP contribution in [-0.4, -0.2) is 57.8 Å². The van der Waals surface area contributed by atoms with E-state index in [1.165, 1.54) is 55.9 Å². The molecule has 0 radical (unpaired) electrons. The Morgan fingerprint density at radius 2 is 1.79 bits per heavy atom. The van der Waals surface area contributed by atoms with Crippen molar-refractivity contribution in [1.82, 2.24) is 20.1 Å². The molecule has 0 spiro atoms. The van der Waals surface area contributed by atoms with E-state index in [4.69, 9.17) is 4.74 Å². The number of amides is 1. The highest BCUT2D eigenvalue weighted by atomic mass is 32.2. The Morgan fingerprint density at radius 1 is 1.12 bits per heavy atom. The lowest BCUT2D eigenvalue weighted by Crippen LogP contribution is -2.60. The van der Waals surface area contributed by atoms with Gasteiger partial charge in [0.05, 0.1) is 24.2 Å². The van der Waals surface area contributed by atoms with Crippen molar-refractivity contribution in [2.75, 3.05) is 31.2 Å². The maximum Gasteiger partial charge on any atom is 0.233 e. The van der Waals surface area contributed by atoms with Crippen LogP contribution in [0, 0.1) is 24.7 Å². The van der Waals surface area contributed by atoms with E-state index < -0.39 is 0 Å². The molecule has 182 valence electrons. The van der Waals surface area contributed by atoms with E-state index in [-0.39, 0.29) is 16.7 Å². The number of benzene rings is 1. The van der Waals surface area contributed by atoms with Gasteiger partial charge in [-0.15, -0.1) is 10.2 Å². The van der Waals surface area contributed by atoms with Crippen LogP contribution >= 0.6 is 11.8 Å². The molecule has 8 heteroatoms. The fourth-order valence-corrected chi connectivity index (χ4v) is 8.00. The highest BCUT2D eigenvalue weighted by molar-refractivity contribution is 8.00. The third-order valence-corrected chi connectivity index (χ3v) is 9.29. The van der Waals surface area contributed by atoms with Gasteiger partial charge in [0.15, 0.2) is 5.16 Å². The molecular weight excluding hydrogens is 446 g/mol. The molecule has 34 heavy (non-hydrogen) atoms. The molecule has 7 rings (SSSR count). The van der Waals surface area contributed by atoms with Crippen LogP contribution in [0.15, 0.2) is 29.4 Å². The third-order valence-electron chi connectivity index (χ3n) is 8.25. The molecule has 4 aliphatic carbocycles. The lowest BCUT2D eigenvalue weighted by atomic mass is 9.53. The van der Waals surface area contributed by atoms with E-state index in [0.717, 1.165) is 47.6 Å². The summed E-state index contributed by atoms with van der Waals surface area (Å²) in [5.41, 5.74) is 2.24. The topological polar surface area (TPSA) is 72.3 Å². The molecule has 1 atom stereocenters. The van der Waals surface area contributed by atoms with E-state index in [1.807, 2.05) is 6.92 Å². The van der Waals surface area contributed by atoms with Gasteiger partial charge in [-0.25, -0.2) is 0 Å². The second-order valence-electron chi connectivity index (χ2n) is 11.0. The van der Waals surface area contributed by atoms with Gasteiger partial charge in [0.25, 0.3) is 0 Å². The number of hydrogen-bond donors (Lipinski definition) is 1. The summed E-state index contributed by atoms with van der Waals surface area (Å²) >= 11 is 1.51. The highest BCUT2D eigenvalue weighted by Gasteiger charge is 2.51. The molecule has 1 aliphatic heterocycles. The Labute approximate surface area is 206 Å². The Kier molecular flexibility index (Phi) is 5.84. The molecule has 5 fully saturated rings. The van der Waals surface area contributed by atoms with Crippen molar-refractivity contribution in [1.29, 1.82) is 0 Å². The number of nitrogens with zero attached hydrogens (tertiary/aromatic N) is 4. The van der Waals surface area contributed by atoms with E-state index in [0.29, 0.717) is 13.2 Å². The van der Waals surface area contributed by atoms with Gasteiger partial charge in [-0.2, -0.15) is 0 Å². The monoisotopic (exact) mass is 481 g/mol. The van der Waals surface area contributed by atoms with Crippen molar-refractivity contribution in [3.05, 3.63) is 29.8 Å². The van der Waals surface area contributed by atoms with E-state index in [9.17, 15) is 4.79 Å². The molecule has 4 saturated carbocycles. The Bertz CT molecular complexity index is 1030. The normalized spacial score (nSPS) is 31.0. The number of morpholine rings is 1. The molecule has 1 unspecified atom stereocenters. The van der Waals surface area contributed by atoms with Crippen molar-refractivity contribution in [2.24, 2.45) is 17.8 Å². The van der Waals surface area contributed by atoms with Crippen LogP contribution in [0.25, 0.3) is 5.69 Å². The quantitative estimate of drug-likeness (QED) is 0.630. The molecule has 1 saturated heterocycles. The zero-order valence-electron chi connectivity index (χ0n) is 20.2. The first kappa shape index (κ1) is 22.4. The van der Waals surface area contributed by atoms with Crippen LogP contribution in [0.4, 0.5) is 5.95 Å². The van der Waals surface area contributed by atoms with Gasteiger partial charge >= 0.3 is 0 Å². The molecule has 2 heterocycles. The van der Waals surface area contributed by atoms with Gasteiger partial charge in [-0.1, -0.05) is 23.9 Å². The number of aryl methyl sites for hydroxylation is 1. The third kappa shape index (κ3) is 4.24. The zero-order valence-corrected chi connectivity index (χ0v) is 21.0. The van der Waals surface area contributed by atoms with Crippen molar-refractivity contribution >= 4 is 23.6 Å². The number of thioether (sulfide) groups is 1. The first-order valence-corrected chi connectivity index (χ1v) is 13.7. The molecular formula is C26H35N5O2S. The summed E-state index contributed by atoms with van der Waals surface area (Å²) in [6.45, 7) is 7.05. The summed E-state index contributed by atoms with van der Waals surface area (Å²) in [5, 5.41) is 13.2. The number of carbonyl (C=O) groups is 1. The van der Waals surface area contributed by atoms with Crippen LogP contribution in [-0.2, 0) is 9.53 Å². The van der Waals surface area contributed by atoms with Gasteiger partial charge < -0.3 is 15.0 Å². The van der Waals surface area contributed by atoms with E-state index in [2.05, 4.69) is 56.2 Å². The molecule has 1 aromatic heterocycles. The van der Waals surface area contributed by atoms with Crippen molar-refractivity contribution < 1.29 is 9.53 Å². The van der Waals surface area contributed by atoms with Crippen molar-refractivity contribution in [2.45, 2.75) is 68.3 Å². The fourth-order valence-electron chi connectivity index (χ4n) is 7.14. The molecule has 2 aromatic rings. The van der Waals surface area contributed by atoms with Crippen LogP contribution in [0.5, 0.6) is 0 Å². The molecule has 5 aliphatic rings. The average molecular weight is 482 g/mol. The molecule has 7 nitrogen and oxygen atoms in total. The minimum Gasteiger partial charge on any atom is -0.378 e. The Morgan fingerprint density at radius 3 is 2.44 bits per heavy atom. The standard InChI is InChI=1S/C26H35N5O2S/c1-17-4-3-5-22(10-17)31-24(30-6-8-33-9-7-30)28-29-25(31)34-18(2)23(32)27-26-14-19-11-20(15-26)13-21(12-19)16-26/h3-5,10,18-21H,6-9,11-16H2,1-2H3,(H,27,32). The maximum absolute atomic E-state index is 13.4. The minimum absolute atomic E-state index is 0.0316. The molecule has 4 bridgehead atoms. The predicted molar refractivity (Wildman–Crippen MR) is 133 cm³/mol. The number of anilines is 1. The SMILES string of the molecule is Cc1cccc(-n2c(SC(C)C(=O)NC34CC5CC(CC(C5)C3)C4)nnc2N2CCOCC2)c1. The highest BCUT2D eigenvalue weighted by Crippen LogP contribution is 2.55. The first-order chi connectivity index (χ1) is 16.5. The number of ether oxygens (including phenoxy) is 1. The predicted octanol–water partition coefficient (Wildman–Crippen LogP) is 3.98. The van der Waals surface area contributed by atoms with E-state index in [1.54, 1.807) is 0 Å². The Hall–Kier alpha value is -2.06. The summed E-state index contributed by atoms with van der Waals surface area (Å²) in [5.74, 6) is 3.41. The largest absolute Gasteiger partial charge is 0.378 e. The number of hydrogen-bond acceptors (Lipinski definition) is 6. The number of aromatic nitrogens is 3. The average Bonchev–Trinajstić information content (AvgIpc) is 3.22. The molecule has 1 amide bonds. The second-order valence-corrected chi connectivity index (χ2v) is 12.3. The van der Waals surface area contributed by atoms with Crippen LogP contribution in [0.2, 0.25) is 0 Å². The van der Waals surface area contributed by atoms with E-state index >= 15 is 0 Å². The van der Waals surface area contributed by atoms with Gasteiger partial charge in [0.2, 0.25) is 11.9 Å².